The van der Waals surface area contributed by atoms with Crippen LogP contribution in [-0.4, -0.2) is 56.0 Å². The van der Waals surface area contributed by atoms with Gasteiger partial charge in [-0.25, -0.2) is 4.79 Å². The number of carbonyl (C=O) groups is 1. The molecule has 2 rings (SSSR count). The maximum atomic E-state index is 11.0. The monoisotopic (exact) mass is 316 g/mol. The topological polar surface area (TPSA) is 74.2 Å². The standard InChI is InChI=1S/C16H28O6/c17-15(18)16(12-19-13-16)22-11-6-3-1-2-5-9-20-14-8-4-7-10-21-14/h14H,1-13H2,(H,17,18). The minimum Gasteiger partial charge on any atom is -0.479 e. The molecule has 0 aromatic rings. The molecule has 0 amide bonds. The predicted molar refractivity (Wildman–Crippen MR) is 79.8 cm³/mol. The van der Waals surface area contributed by atoms with Gasteiger partial charge >= 0.3 is 5.97 Å². The molecule has 22 heavy (non-hydrogen) atoms. The van der Waals surface area contributed by atoms with Crippen molar-refractivity contribution in [1.82, 2.24) is 0 Å². The van der Waals surface area contributed by atoms with Crippen molar-refractivity contribution in [2.24, 2.45) is 0 Å². The summed E-state index contributed by atoms with van der Waals surface area (Å²) in [5.41, 5.74) is -1.08. The third-order valence-electron chi connectivity index (χ3n) is 4.17. The van der Waals surface area contributed by atoms with Gasteiger partial charge in [0.05, 0.1) is 13.2 Å². The number of carboxylic acids is 1. The van der Waals surface area contributed by atoms with E-state index in [0.717, 1.165) is 58.2 Å². The van der Waals surface area contributed by atoms with Crippen LogP contribution in [0.3, 0.4) is 0 Å². The molecule has 1 unspecified atom stereocenters. The third-order valence-corrected chi connectivity index (χ3v) is 4.17. The highest BCUT2D eigenvalue weighted by atomic mass is 16.7. The van der Waals surface area contributed by atoms with Crippen molar-refractivity contribution in [3.8, 4) is 0 Å². The van der Waals surface area contributed by atoms with E-state index in [9.17, 15) is 4.79 Å². The second-order valence-electron chi connectivity index (χ2n) is 6.08. The minimum atomic E-state index is -1.08. The van der Waals surface area contributed by atoms with Gasteiger partial charge in [-0.05, 0) is 32.1 Å². The van der Waals surface area contributed by atoms with Gasteiger partial charge in [0.15, 0.2) is 6.29 Å². The molecular formula is C16H28O6. The predicted octanol–water partition coefficient (Wildman–Crippen LogP) is 2.35. The van der Waals surface area contributed by atoms with Gasteiger partial charge in [-0.15, -0.1) is 0 Å². The number of carboxylic acid groups (broad SMARTS) is 1. The lowest BCUT2D eigenvalue weighted by Crippen LogP contribution is -2.58. The van der Waals surface area contributed by atoms with E-state index in [4.69, 9.17) is 24.1 Å². The summed E-state index contributed by atoms with van der Waals surface area (Å²) in [7, 11) is 0. The van der Waals surface area contributed by atoms with Crippen molar-refractivity contribution in [3.63, 3.8) is 0 Å². The van der Waals surface area contributed by atoms with Crippen LogP contribution in [-0.2, 0) is 23.7 Å². The van der Waals surface area contributed by atoms with Gasteiger partial charge in [-0.2, -0.15) is 0 Å². The molecule has 0 bridgehead atoms. The summed E-state index contributed by atoms with van der Waals surface area (Å²) in [5.74, 6) is -0.916. The first-order chi connectivity index (χ1) is 10.7. The Balaban J connectivity index is 1.37. The molecule has 2 saturated heterocycles. The Morgan fingerprint density at radius 3 is 2.41 bits per heavy atom. The molecule has 0 saturated carbocycles. The number of aliphatic carboxylic acids is 1. The van der Waals surface area contributed by atoms with Crippen LogP contribution in [0.2, 0.25) is 0 Å². The fraction of sp³-hybridized carbons (Fsp3) is 0.938. The highest BCUT2D eigenvalue weighted by Crippen LogP contribution is 2.22. The van der Waals surface area contributed by atoms with Gasteiger partial charge < -0.3 is 24.1 Å². The summed E-state index contributed by atoms with van der Waals surface area (Å²) in [6, 6.07) is 0. The van der Waals surface area contributed by atoms with Crippen LogP contribution in [0.5, 0.6) is 0 Å². The van der Waals surface area contributed by atoms with Crippen molar-refractivity contribution in [3.05, 3.63) is 0 Å². The lowest BCUT2D eigenvalue weighted by atomic mass is 10.0. The molecular weight excluding hydrogens is 288 g/mol. The number of rotatable bonds is 11. The van der Waals surface area contributed by atoms with E-state index in [0.29, 0.717) is 6.61 Å². The number of ether oxygens (including phenoxy) is 4. The van der Waals surface area contributed by atoms with Crippen molar-refractivity contribution >= 4 is 5.97 Å². The van der Waals surface area contributed by atoms with Gasteiger partial charge in [-0.3, -0.25) is 0 Å². The summed E-state index contributed by atoms with van der Waals surface area (Å²) in [6.07, 6.45) is 8.62. The molecule has 1 atom stereocenters. The largest absolute Gasteiger partial charge is 0.479 e. The molecule has 1 N–H and O–H groups in total. The summed E-state index contributed by atoms with van der Waals surface area (Å²) in [5, 5.41) is 9.06. The van der Waals surface area contributed by atoms with Gasteiger partial charge in [0.1, 0.15) is 0 Å². The molecule has 0 aromatic carbocycles. The zero-order valence-corrected chi connectivity index (χ0v) is 13.3. The first-order valence-corrected chi connectivity index (χ1v) is 8.41. The van der Waals surface area contributed by atoms with E-state index in [-0.39, 0.29) is 19.5 Å². The van der Waals surface area contributed by atoms with Gasteiger partial charge in [-0.1, -0.05) is 19.3 Å². The maximum absolute atomic E-state index is 11.0. The molecule has 6 nitrogen and oxygen atoms in total. The molecule has 0 spiro atoms. The highest BCUT2D eigenvalue weighted by Gasteiger charge is 2.47. The lowest BCUT2D eigenvalue weighted by molar-refractivity contribution is -0.224. The van der Waals surface area contributed by atoms with Crippen molar-refractivity contribution in [2.75, 3.05) is 33.0 Å². The van der Waals surface area contributed by atoms with E-state index in [1.54, 1.807) is 0 Å². The van der Waals surface area contributed by atoms with E-state index in [1.165, 1.54) is 6.42 Å². The van der Waals surface area contributed by atoms with Crippen LogP contribution in [0.1, 0.15) is 51.4 Å². The molecule has 6 heteroatoms. The lowest BCUT2D eigenvalue weighted by Gasteiger charge is -2.36. The van der Waals surface area contributed by atoms with Crippen LogP contribution in [0.4, 0.5) is 0 Å². The van der Waals surface area contributed by atoms with Crippen molar-refractivity contribution in [2.45, 2.75) is 63.3 Å². The second-order valence-corrected chi connectivity index (χ2v) is 6.08. The van der Waals surface area contributed by atoms with E-state index >= 15 is 0 Å². The Morgan fingerprint density at radius 2 is 1.82 bits per heavy atom. The van der Waals surface area contributed by atoms with Gasteiger partial charge in [0, 0.05) is 19.8 Å². The Kier molecular flexibility index (Phi) is 7.59. The third kappa shape index (κ3) is 5.50. The Labute approximate surface area is 132 Å². The zero-order valence-electron chi connectivity index (χ0n) is 13.3. The maximum Gasteiger partial charge on any atom is 0.340 e. The average molecular weight is 316 g/mol. The minimum absolute atomic E-state index is 0.0130. The Hall–Kier alpha value is -0.690. The molecule has 0 aliphatic carbocycles. The zero-order chi connectivity index (χ0) is 15.7. The van der Waals surface area contributed by atoms with Crippen LogP contribution >= 0.6 is 0 Å². The van der Waals surface area contributed by atoms with Gasteiger partial charge in [0.25, 0.3) is 0 Å². The highest BCUT2D eigenvalue weighted by molar-refractivity contribution is 5.78. The normalized spacial score (nSPS) is 23.9. The average Bonchev–Trinajstić information content (AvgIpc) is 2.48. The molecule has 2 heterocycles. The SMILES string of the molecule is O=C(O)C1(OCCCCCCCOC2CCCCO2)COC1. The Morgan fingerprint density at radius 1 is 1.09 bits per heavy atom. The van der Waals surface area contributed by atoms with E-state index in [1.807, 2.05) is 0 Å². The summed E-state index contributed by atoms with van der Waals surface area (Å²) >= 11 is 0. The first kappa shape index (κ1) is 17.7. The number of unbranched alkanes of at least 4 members (excludes halogenated alkanes) is 4. The van der Waals surface area contributed by atoms with Crippen molar-refractivity contribution in [1.29, 1.82) is 0 Å². The van der Waals surface area contributed by atoms with Crippen LogP contribution < -0.4 is 0 Å². The first-order valence-electron chi connectivity index (χ1n) is 8.41. The Bertz CT molecular complexity index is 323. The van der Waals surface area contributed by atoms with Gasteiger partial charge in [0.2, 0.25) is 5.60 Å². The number of hydrogen-bond donors (Lipinski definition) is 1. The number of hydrogen-bond acceptors (Lipinski definition) is 5. The van der Waals surface area contributed by atoms with Crippen LogP contribution in [0, 0.1) is 0 Å². The van der Waals surface area contributed by atoms with E-state index < -0.39 is 11.6 Å². The summed E-state index contributed by atoms with van der Waals surface area (Å²) in [4.78, 5) is 11.0. The molecule has 2 aliphatic heterocycles. The van der Waals surface area contributed by atoms with E-state index in [2.05, 4.69) is 0 Å². The van der Waals surface area contributed by atoms with Crippen LogP contribution in [0.25, 0.3) is 0 Å². The molecule has 2 fully saturated rings. The quantitative estimate of drug-likeness (QED) is 0.590. The molecule has 0 radical (unpaired) electrons. The smallest absolute Gasteiger partial charge is 0.340 e. The van der Waals surface area contributed by atoms with Crippen LogP contribution in [0.15, 0.2) is 0 Å². The molecule has 0 aromatic heterocycles. The summed E-state index contributed by atoms with van der Waals surface area (Å²) < 4.78 is 21.6. The molecule has 128 valence electrons. The summed E-state index contributed by atoms with van der Waals surface area (Å²) in [6.45, 7) is 2.42. The second kappa shape index (κ2) is 9.45. The fourth-order valence-electron chi connectivity index (χ4n) is 2.62. The van der Waals surface area contributed by atoms with Crippen molar-refractivity contribution < 1.29 is 28.8 Å². The molecule has 2 aliphatic rings. The fourth-order valence-corrected chi connectivity index (χ4v) is 2.62.